The molecule has 0 radical (unpaired) electrons. The summed E-state index contributed by atoms with van der Waals surface area (Å²) in [6.07, 6.45) is 5.45. The van der Waals surface area contributed by atoms with E-state index in [1.54, 1.807) is 11.0 Å². The lowest BCUT2D eigenvalue weighted by Crippen LogP contribution is -2.41. The third-order valence-corrected chi connectivity index (χ3v) is 6.11. The molecule has 0 spiro atoms. The largest absolute Gasteiger partial charge is 0.378 e. The number of terminal acetylenes is 1. The number of carbonyl (C=O) groups is 2. The van der Waals surface area contributed by atoms with Gasteiger partial charge in [-0.25, -0.2) is 0 Å². The van der Waals surface area contributed by atoms with E-state index in [-0.39, 0.29) is 23.3 Å². The minimum Gasteiger partial charge on any atom is -0.378 e. The molecule has 0 saturated carbocycles. The summed E-state index contributed by atoms with van der Waals surface area (Å²) in [5, 5.41) is 0.617. The maximum absolute atomic E-state index is 12.3. The van der Waals surface area contributed by atoms with Crippen LogP contribution in [0.4, 0.5) is 0 Å². The monoisotopic (exact) mass is 423 g/mol. The van der Waals surface area contributed by atoms with Gasteiger partial charge in [-0.3, -0.25) is 9.59 Å². The van der Waals surface area contributed by atoms with Crippen molar-refractivity contribution in [1.82, 2.24) is 9.47 Å². The number of rotatable bonds is 5. The van der Waals surface area contributed by atoms with E-state index in [1.807, 2.05) is 16.7 Å². The predicted molar refractivity (Wildman–Crippen MR) is 109 cm³/mol. The summed E-state index contributed by atoms with van der Waals surface area (Å²) in [5.74, 6) is 2.71. The molecule has 3 rings (SSSR count). The van der Waals surface area contributed by atoms with Crippen molar-refractivity contribution in [2.45, 2.75) is 6.54 Å². The van der Waals surface area contributed by atoms with Crippen LogP contribution in [0.3, 0.4) is 0 Å². The first-order valence-electron chi connectivity index (χ1n) is 8.31. The Balaban J connectivity index is 1.67. The molecule has 1 aromatic heterocycles. The average molecular weight is 424 g/mol. The van der Waals surface area contributed by atoms with Crippen molar-refractivity contribution in [2.24, 2.45) is 4.99 Å². The summed E-state index contributed by atoms with van der Waals surface area (Å²) in [6.45, 7) is 2.66. The smallest absolute Gasteiger partial charge is 0.258 e. The molecule has 2 heterocycles. The summed E-state index contributed by atoms with van der Waals surface area (Å²) >= 11 is 8.67. The molecule has 9 heteroatoms. The molecule has 0 unspecified atom stereocenters. The highest BCUT2D eigenvalue weighted by atomic mass is 35.5. The zero-order valence-corrected chi connectivity index (χ0v) is 16.9. The Kier molecular flexibility index (Phi) is 6.96. The van der Waals surface area contributed by atoms with Crippen molar-refractivity contribution in [3.63, 3.8) is 0 Å². The number of thiazole rings is 1. The van der Waals surface area contributed by atoms with Gasteiger partial charge in [-0.05, 0) is 18.2 Å². The zero-order valence-electron chi connectivity index (χ0n) is 14.5. The second-order valence-corrected chi connectivity index (χ2v) is 8.21. The Bertz CT molecular complexity index is 955. The molecule has 0 atom stereocenters. The molecule has 1 aliphatic rings. The summed E-state index contributed by atoms with van der Waals surface area (Å²) in [5.41, 5.74) is 0.893. The van der Waals surface area contributed by atoms with Crippen LogP contribution in [0.2, 0.25) is 5.02 Å². The lowest BCUT2D eigenvalue weighted by Gasteiger charge is -2.26. The Hall–Kier alpha value is -1.79. The fourth-order valence-corrected chi connectivity index (χ4v) is 4.67. The van der Waals surface area contributed by atoms with E-state index in [2.05, 4.69) is 10.9 Å². The fraction of sp³-hybridized carbons (Fsp3) is 0.389. The maximum Gasteiger partial charge on any atom is 0.258 e. The number of nitrogens with zero attached hydrogens (tertiary/aromatic N) is 3. The van der Waals surface area contributed by atoms with E-state index in [0.717, 1.165) is 10.2 Å². The number of aromatic nitrogens is 1. The maximum atomic E-state index is 12.3. The van der Waals surface area contributed by atoms with E-state index in [1.165, 1.54) is 23.1 Å². The molecular formula is C18H18ClN3O3S2. The molecule has 0 N–H and O–H groups in total. The number of thioether (sulfide) groups is 1. The van der Waals surface area contributed by atoms with E-state index >= 15 is 0 Å². The number of hydrogen-bond donors (Lipinski definition) is 0. The van der Waals surface area contributed by atoms with Crippen molar-refractivity contribution in [1.29, 1.82) is 0 Å². The molecule has 0 aliphatic carbocycles. The van der Waals surface area contributed by atoms with Gasteiger partial charge in [-0.1, -0.05) is 28.9 Å². The standard InChI is InChI=1S/C18H18ClN3O3S2/c1-2-5-22-14-4-3-13(19)10-15(14)27-18(22)20-16(23)11-26-12-17(24)21-6-8-25-9-7-21/h1,3-4,10H,5-9,11-12H2. The molecule has 142 valence electrons. The summed E-state index contributed by atoms with van der Waals surface area (Å²) in [4.78, 5) is 30.8. The summed E-state index contributed by atoms with van der Waals surface area (Å²) in [6, 6.07) is 5.47. The number of amides is 2. The van der Waals surface area contributed by atoms with Crippen LogP contribution in [0, 0.1) is 12.3 Å². The predicted octanol–water partition coefficient (Wildman–Crippen LogP) is 2.01. The van der Waals surface area contributed by atoms with Gasteiger partial charge < -0.3 is 14.2 Å². The minimum atomic E-state index is -0.293. The number of halogens is 1. The number of fused-ring (bicyclic) bond motifs is 1. The molecule has 1 fully saturated rings. The molecule has 27 heavy (non-hydrogen) atoms. The molecule has 2 amide bonds. The van der Waals surface area contributed by atoms with Crippen molar-refractivity contribution in [2.75, 3.05) is 37.8 Å². The van der Waals surface area contributed by atoms with Crippen LogP contribution < -0.4 is 4.80 Å². The van der Waals surface area contributed by atoms with Crippen LogP contribution in [0.5, 0.6) is 0 Å². The molecule has 1 aliphatic heterocycles. The number of morpholine rings is 1. The molecular weight excluding hydrogens is 406 g/mol. The average Bonchev–Trinajstić information content (AvgIpc) is 2.98. The van der Waals surface area contributed by atoms with Gasteiger partial charge in [-0.15, -0.1) is 18.2 Å². The van der Waals surface area contributed by atoms with Crippen LogP contribution in [0.1, 0.15) is 0 Å². The van der Waals surface area contributed by atoms with Gasteiger partial charge in [0.15, 0.2) is 4.80 Å². The van der Waals surface area contributed by atoms with Gasteiger partial charge in [0.05, 0.1) is 41.5 Å². The summed E-state index contributed by atoms with van der Waals surface area (Å²) in [7, 11) is 0. The van der Waals surface area contributed by atoms with Gasteiger partial charge in [0.1, 0.15) is 0 Å². The van der Waals surface area contributed by atoms with Gasteiger partial charge in [0, 0.05) is 18.1 Å². The molecule has 1 saturated heterocycles. The highest BCUT2D eigenvalue weighted by molar-refractivity contribution is 8.00. The minimum absolute atomic E-state index is 0.0231. The third kappa shape index (κ3) is 5.14. The van der Waals surface area contributed by atoms with Crippen LogP contribution in [-0.4, -0.2) is 59.1 Å². The van der Waals surface area contributed by atoms with E-state index < -0.39 is 0 Å². The van der Waals surface area contributed by atoms with Gasteiger partial charge in [0.2, 0.25) is 5.91 Å². The quantitative estimate of drug-likeness (QED) is 0.690. The second-order valence-electron chi connectivity index (χ2n) is 5.78. The topological polar surface area (TPSA) is 63.9 Å². The number of carbonyl (C=O) groups excluding carboxylic acids is 2. The first-order valence-corrected chi connectivity index (χ1v) is 10.7. The highest BCUT2D eigenvalue weighted by Gasteiger charge is 2.17. The molecule has 0 bridgehead atoms. The van der Waals surface area contributed by atoms with Crippen LogP contribution in [0.25, 0.3) is 10.2 Å². The van der Waals surface area contributed by atoms with Crippen molar-refractivity contribution >= 4 is 56.7 Å². The Morgan fingerprint density at radius 2 is 2.11 bits per heavy atom. The lowest BCUT2D eigenvalue weighted by atomic mass is 10.3. The first-order chi connectivity index (χ1) is 13.1. The van der Waals surface area contributed by atoms with Gasteiger partial charge in [-0.2, -0.15) is 4.99 Å². The first kappa shape index (κ1) is 20.0. The number of hydrogen-bond acceptors (Lipinski definition) is 5. The Labute approximate surface area is 170 Å². The Morgan fingerprint density at radius 1 is 1.33 bits per heavy atom. The highest BCUT2D eigenvalue weighted by Crippen LogP contribution is 2.21. The SMILES string of the molecule is C#CCn1c(=NC(=O)CSCC(=O)N2CCOCC2)sc2cc(Cl)ccc21. The van der Waals surface area contributed by atoms with E-state index in [0.29, 0.717) is 42.7 Å². The van der Waals surface area contributed by atoms with E-state index in [4.69, 9.17) is 22.8 Å². The third-order valence-electron chi connectivity index (χ3n) is 3.93. The van der Waals surface area contributed by atoms with Crippen LogP contribution >= 0.6 is 34.7 Å². The van der Waals surface area contributed by atoms with Crippen molar-refractivity contribution in [3.8, 4) is 12.3 Å². The van der Waals surface area contributed by atoms with Gasteiger partial charge in [0.25, 0.3) is 5.91 Å². The number of benzene rings is 1. The fourth-order valence-electron chi connectivity index (χ4n) is 2.65. The van der Waals surface area contributed by atoms with Crippen LogP contribution in [-0.2, 0) is 20.9 Å². The van der Waals surface area contributed by atoms with E-state index in [9.17, 15) is 9.59 Å². The van der Waals surface area contributed by atoms with Gasteiger partial charge >= 0.3 is 0 Å². The zero-order chi connectivity index (χ0) is 19.2. The number of ether oxygens (including phenoxy) is 1. The normalized spacial score (nSPS) is 15.1. The molecule has 2 aromatic rings. The Morgan fingerprint density at radius 3 is 2.85 bits per heavy atom. The molecule has 1 aromatic carbocycles. The summed E-state index contributed by atoms with van der Waals surface area (Å²) < 4.78 is 7.96. The van der Waals surface area contributed by atoms with Crippen molar-refractivity contribution in [3.05, 3.63) is 28.0 Å². The lowest BCUT2D eigenvalue weighted by molar-refractivity contribution is -0.132. The second kappa shape index (κ2) is 9.42. The molecule has 6 nitrogen and oxygen atoms in total. The van der Waals surface area contributed by atoms with Crippen LogP contribution in [0.15, 0.2) is 23.2 Å². The van der Waals surface area contributed by atoms with Crippen molar-refractivity contribution < 1.29 is 14.3 Å².